The van der Waals surface area contributed by atoms with Gasteiger partial charge in [-0.3, -0.25) is 9.59 Å². The van der Waals surface area contributed by atoms with Gasteiger partial charge < -0.3 is 9.84 Å². The molecule has 156 valence electrons. The van der Waals surface area contributed by atoms with Crippen LogP contribution in [0, 0.1) is 0 Å². The van der Waals surface area contributed by atoms with E-state index in [1.165, 1.54) is 89.7 Å². The summed E-state index contributed by atoms with van der Waals surface area (Å²) in [6, 6.07) is 0. The molecule has 0 heterocycles. The van der Waals surface area contributed by atoms with Gasteiger partial charge in [-0.05, 0) is 18.9 Å². The van der Waals surface area contributed by atoms with Crippen LogP contribution in [0.15, 0.2) is 12.3 Å². The standard InChI is InChI=1S/C22H40O4.2K.2H/c1-2-3-4-5-6-7-8-9-10-11-12-13-14-15-16-17-20-26-22(25)19-18-21(23)24;;;;/h17,20H,2-16,18-19H2,1H3,(H,23,24);;;;. The Bertz CT molecular complexity index is 374. The van der Waals surface area contributed by atoms with Gasteiger partial charge in [0.05, 0.1) is 19.1 Å². The molecule has 0 aromatic heterocycles. The van der Waals surface area contributed by atoms with Crippen LogP contribution in [0.4, 0.5) is 0 Å². The van der Waals surface area contributed by atoms with Gasteiger partial charge in [0.2, 0.25) is 0 Å². The number of allylic oxidation sites excluding steroid dienone is 1. The van der Waals surface area contributed by atoms with E-state index in [0.29, 0.717) is 0 Å². The van der Waals surface area contributed by atoms with Gasteiger partial charge in [0.25, 0.3) is 0 Å². The van der Waals surface area contributed by atoms with Gasteiger partial charge in [-0.2, -0.15) is 0 Å². The molecule has 0 aliphatic carbocycles. The van der Waals surface area contributed by atoms with Gasteiger partial charge in [0.15, 0.2) is 0 Å². The van der Waals surface area contributed by atoms with Crippen molar-refractivity contribution in [2.24, 2.45) is 0 Å². The van der Waals surface area contributed by atoms with Crippen molar-refractivity contribution in [3.8, 4) is 0 Å². The molecule has 0 saturated heterocycles. The Labute approximate surface area is 258 Å². The van der Waals surface area contributed by atoms with Gasteiger partial charge in [-0.25, -0.2) is 0 Å². The summed E-state index contributed by atoms with van der Waals surface area (Å²) in [5.74, 6) is -1.46. The molecule has 0 fully saturated rings. The van der Waals surface area contributed by atoms with E-state index in [4.69, 9.17) is 9.84 Å². The Kier molecular flexibility index (Phi) is 35.7. The minimum absolute atomic E-state index is 0. The number of aliphatic carboxylic acids is 1. The first-order valence-electron chi connectivity index (χ1n) is 10.7. The van der Waals surface area contributed by atoms with E-state index < -0.39 is 11.9 Å². The molecule has 0 radical (unpaired) electrons. The first kappa shape index (κ1) is 34.6. The van der Waals surface area contributed by atoms with E-state index >= 15 is 0 Å². The van der Waals surface area contributed by atoms with E-state index in [0.717, 1.165) is 12.8 Å². The number of esters is 1. The first-order valence-corrected chi connectivity index (χ1v) is 10.7. The number of carbonyl (C=O) groups is 2. The summed E-state index contributed by atoms with van der Waals surface area (Å²) >= 11 is 0. The fourth-order valence-corrected chi connectivity index (χ4v) is 2.92. The number of hydrogen-bond acceptors (Lipinski definition) is 3. The Morgan fingerprint density at radius 1 is 0.714 bits per heavy atom. The maximum atomic E-state index is 11.2. The summed E-state index contributed by atoms with van der Waals surface area (Å²) < 4.78 is 4.83. The average molecular weight is 449 g/mol. The summed E-state index contributed by atoms with van der Waals surface area (Å²) in [7, 11) is 0. The van der Waals surface area contributed by atoms with Crippen molar-refractivity contribution >= 4 is 115 Å². The van der Waals surface area contributed by atoms with E-state index in [9.17, 15) is 9.59 Å². The van der Waals surface area contributed by atoms with Crippen molar-refractivity contribution in [3.05, 3.63) is 12.3 Å². The van der Waals surface area contributed by atoms with Crippen molar-refractivity contribution in [3.63, 3.8) is 0 Å². The van der Waals surface area contributed by atoms with Crippen molar-refractivity contribution in [1.82, 2.24) is 0 Å². The monoisotopic (exact) mass is 448 g/mol. The summed E-state index contributed by atoms with van der Waals surface area (Å²) in [5, 5.41) is 8.46. The molecule has 0 bridgehead atoms. The third kappa shape index (κ3) is 30.1. The molecule has 0 aliphatic heterocycles. The number of rotatable bonds is 19. The SMILES string of the molecule is CCCCCCCCCCCCCCCCC=COC(=O)CCC(=O)O.[KH].[KH]. The van der Waals surface area contributed by atoms with Gasteiger partial charge in [0, 0.05) is 0 Å². The van der Waals surface area contributed by atoms with Crippen molar-refractivity contribution in [1.29, 1.82) is 0 Å². The zero-order valence-electron chi connectivity index (χ0n) is 16.8. The van der Waals surface area contributed by atoms with Crippen molar-refractivity contribution in [2.45, 2.75) is 116 Å². The Morgan fingerprint density at radius 3 is 1.57 bits per heavy atom. The summed E-state index contributed by atoms with van der Waals surface area (Å²) in [6.07, 6.45) is 22.8. The molecule has 0 unspecified atom stereocenters. The van der Waals surface area contributed by atoms with Crippen LogP contribution in [0.3, 0.4) is 0 Å². The molecule has 0 amide bonds. The molecule has 0 rings (SSSR count). The Hall–Kier alpha value is 1.95. The maximum absolute atomic E-state index is 11.2. The fourth-order valence-electron chi connectivity index (χ4n) is 2.92. The third-order valence-corrected chi connectivity index (χ3v) is 4.56. The number of ether oxygens (including phenoxy) is 1. The molecule has 0 aromatic rings. The number of hydrogen-bond donors (Lipinski definition) is 1. The predicted octanol–water partition coefficient (Wildman–Crippen LogP) is 5.48. The van der Waals surface area contributed by atoms with Gasteiger partial charge in [-0.1, -0.05) is 90.4 Å². The summed E-state index contributed by atoms with van der Waals surface area (Å²) in [6.45, 7) is 2.26. The summed E-state index contributed by atoms with van der Waals surface area (Å²) in [4.78, 5) is 21.5. The van der Waals surface area contributed by atoms with Crippen LogP contribution in [0.2, 0.25) is 0 Å². The molecule has 0 aromatic carbocycles. The molecule has 0 spiro atoms. The van der Waals surface area contributed by atoms with E-state index in [2.05, 4.69) is 6.92 Å². The van der Waals surface area contributed by atoms with E-state index in [-0.39, 0.29) is 116 Å². The Morgan fingerprint density at radius 2 is 1.14 bits per heavy atom. The fraction of sp³-hybridized carbons (Fsp3) is 0.818. The molecule has 0 saturated carbocycles. The van der Waals surface area contributed by atoms with Gasteiger partial charge in [-0.15, -0.1) is 0 Å². The van der Waals surface area contributed by atoms with Crippen LogP contribution in [0.5, 0.6) is 0 Å². The van der Waals surface area contributed by atoms with Crippen molar-refractivity contribution in [2.75, 3.05) is 0 Å². The average Bonchev–Trinajstić information content (AvgIpc) is 2.62. The summed E-state index contributed by atoms with van der Waals surface area (Å²) in [5.41, 5.74) is 0. The van der Waals surface area contributed by atoms with Gasteiger partial charge in [0.1, 0.15) is 0 Å². The zero-order chi connectivity index (χ0) is 19.3. The number of carboxylic acids is 1. The third-order valence-electron chi connectivity index (χ3n) is 4.56. The zero-order valence-corrected chi connectivity index (χ0v) is 16.8. The van der Waals surface area contributed by atoms with Crippen LogP contribution in [0.25, 0.3) is 0 Å². The van der Waals surface area contributed by atoms with E-state index in [1.54, 1.807) is 0 Å². The van der Waals surface area contributed by atoms with Crippen LogP contribution >= 0.6 is 0 Å². The second kappa shape index (κ2) is 29.0. The quantitative estimate of drug-likeness (QED) is 0.123. The normalized spacial score (nSPS) is 10.3. The second-order valence-electron chi connectivity index (χ2n) is 7.14. The number of unbranched alkanes of at least 4 members (excludes halogenated alkanes) is 14. The van der Waals surface area contributed by atoms with Crippen LogP contribution in [0.1, 0.15) is 116 Å². The second-order valence-corrected chi connectivity index (χ2v) is 7.14. The predicted molar refractivity (Wildman–Crippen MR) is 121 cm³/mol. The molecule has 1 N–H and O–H groups in total. The first-order chi connectivity index (χ1) is 12.7. The number of carboxylic acid groups (broad SMARTS) is 1. The molecule has 28 heavy (non-hydrogen) atoms. The van der Waals surface area contributed by atoms with Crippen LogP contribution < -0.4 is 0 Å². The molecule has 0 atom stereocenters. The van der Waals surface area contributed by atoms with E-state index in [1.807, 2.05) is 6.08 Å². The number of carbonyl (C=O) groups excluding carboxylic acids is 1. The minimum atomic E-state index is -0.978. The molecular weight excluding hydrogens is 406 g/mol. The molecular formula is C22H42K2O4. The Balaban J connectivity index is -0.00000312. The van der Waals surface area contributed by atoms with Crippen LogP contribution in [-0.4, -0.2) is 120 Å². The topological polar surface area (TPSA) is 63.6 Å². The molecule has 0 aliphatic rings. The van der Waals surface area contributed by atoms with Crippen LogP contribution in [-0.2, 0) is 14.3 Å². The van der Waals surface area contributed by atoms with Gasteiger partial charge >= 0.3 is 115 Å². The molecule has 6 heteroatoms. The molecule has 4 nitrogen and oxygen atoms in total. The van der Waals surface area contributed by atoms with Crippen molar-refractivity contribution < 1.29 is 19.4 Å².